The lowest BCUT2D eigenvalue weighted by molar-refractivity contribution is -0.146. The van der Waals surface area contributed by atoms with Gasteiger partial charge >= 0.3 is 12.0 Å². The first-order valence-electron chi connectivity index (χ1n) is 6.64. The summed E-state index contributed by atoms with van der Waals surface area (Å²) < 4.78 is 4.59. The number of carbonyl (C=O) groups is 3. The van der Waals surface area contributed by atoms with E-state index in [0.717, 1.165) is 5.56 Å². The number of ketones is 1. The van der Waals surface area contributed by atoms with Crippen LogP contribution in [0.2, 0.25) is 0 Å². The first-order valence-corrected chi connectivity index (χ1v) is 6.64. The average Bonchev–Trinajstić information content (AvgIpc) is 2.46. The molecule has 1 rings (SSSR count). The van der Waals surface area contributed by atoms with Crippen molar-refractivity contribution < 1.29 is 19.1 Å². The number of carbonyl (C=O) groups excluding carboxylic acids is 3. The Kier molecular flexibility index (Phi) is 6.39. The fourth-order valence-electron chi connectivity index (χ4n) is 2.00. The van der Waals surface area contributed by atoms with E-state index in [1.54, 1.807) is 6.92 Å². The van der Waals surface area contributed by atoms with Crippen molar-refractivity contribution in [1.82, 2.24) is 5.32 Å². The molecule has 0 aliphatic carbocycles. The Balaban J connectivity index is 2.75. The zero-order valence-corrected chi connectivity index (χ0v) is 12.2. The smallest absolute Gasteiger partial charge is 0.312 e. The molecule has 0 heterocycles. The Hall–Kier alpha value is -2.37. The number of amides is 2. The number of nitrogens with two attached hydrogens (primary N) is 1. The van der Waals surface area contributed by atoms with Gasteiger partial charge in [-0.1, -0.05) is 37.3 Å². The van der Waals surface area contributed by atoms with Crippen molar-refractivity contribution in [1.29, 1.82) is 0 Å². The predicted molar refractivity (Wildman–Crippen MR) is 77.5 cm³/mol. The Morgan fingerprint density at radius 1 is 1.24 bits per heavy atom. The summed E-state index contributed by atoms with van der Waals surface area (Å²) in [6.07, 6.45) is 0.320. The molecule has 0 spiro atoms. The summed E-state index contributed by atoms with van der Waals surface area (Å²) in [5, 5.41) is 2.43. The van der Waals surface area contributed by atoms with Gasteiger partial charge in [-0.2, -0.15) is 0 Å². The van der Waals surface area contributed by atoms with Gasteiger partial charge in [-0.3, -0.25) is 9.59 Å². The third kappa shape index (κ3) is 5.64. The van der Waals surface area contributed by atoms with Gasteiger partial charge in [0.2, 0.25) is 0 Å². The second kappa shape index (κ2) is 8.04. The number of hydrogen-bond acceptors (Lipinski definition) is 4. The van der Waals surface area contributed by atoms with Crippen molar-refractivity contribution in [2.45, 2.75) is 25.8 Å². The fraction of sp³-hybridized carbons (Fsp3) is 0.400. The minimum Gasteiger partial charge on any atom is -0.469 e. The predicted octanol–water partition coefficient (Wildman–Crippen LogP) is 1.03. The van der Waals surface area contributed by atoms with Crippen LogP contribution in [0.15, 0.2) is 30.3 Å². The van der Waals surface area contributed by atoms with Crippen LogP contribution >= 0.6 is 0 Å². The summed E-state index contributed by atoms with van der Waals surface area (Å²) in [5.41, 5.74) is 6.01. The van der Waals surface area contributed by atoms with Gasteiger partial charge in [-0.15, -0.1) is 0 Å². The van der Waals surface area contributed by atoms with Crippen LogP contribution in [0, 0.1) is 5.92 Å². The maximum Gasteiger partial charge on any atom is 0.312 e. The van der Waals surface area contributed by atoms with Crippen LogP contribution in [0.25, 0.3) is 0 Å². The molecule has 6 nitrogen and oxygen atoms in total. The maximum absolute atomic E-state index is 12.2. The monoisotopic (exact) mass is 292 g/mol. The van der Waals surface area contributed by atoms with E-state index in [2.05, 4.69) is 10.1 Å². The molecular weight excluding hydrogens is 272 g/mol. The largest absolute Gasteiger partial charge is 0.469 e. The quantitative estimate of drug-likeness (QED) is 0.733. The van der Waals surface area contributed by atoms with Crippen LogP contribution in [0.4, 0.5) is 4.79 Å². The Labute approximate surface area is 123 Å². The Bertz CT molecular complexity index is 502. The molecule has 2 amide bonds. The topological polar surface area (TPSA) is 98.5 Å². The van der Waals surface area contributed by atoms with Crippen LogP contribution < -0.4 is 11.1 Å². The molecule has 0 aliphatic heterocycles. The van der Waals surface area contributed by atoms with Gasteiger partial charge in [-0.25, -0.2) is 4.79 Å². The van der Waals surface area contributed by atoms with E-state index in [4.69, 9.17) is 5.73 Å². The highest BCUT2D eigenvalue weighted by molar-refractivity contribution is 5.91. The summed E-state index contributed by atoms with van der Waals surface area (Å²) in [7, 11) is 1.27. The SMILES string of the molecule is COC(=O)[C@H](C)CC(=O)[C@H](Cc1ccccc1)NC(N)=O. The standard InChI is InChI=1S/C15H20N2O4/c1-10(14(19)21-2)8-13(18)12(17-15(16)20)9-11-6-4-3-5-7-11/h3-7,10,12H,8-9H2,1-2H3,(H3,16,17,20)/t10-,12+/m1/s1. The van der Waals surface area contributed by atoms with Crippen LogP contribution in [-0.4, -0.2) is 30.9 Å². The molecule has 114 valence electrons. The summed E-state index contributed by atoms with van der Waals surface area (Å²) >= 11 is 0. The van der Waals surface area contributed by atoms with Gasteiger partial charge in [-0.05, 0) is 12.0 Å². The van der Waals surface area contributed by atoms with E-state index in [-0.39, 0.29) is 12.2 Å². The van der Waals surface area contributed by atoms with E-state index >= 15 is 0 Å². The molecule has 0 aromatic heterocycles. The van der Waals surface area contributed by atoms with E-state index < -0.39 is 24.0 Å². The molecule has 0 unspecified atom stereocenters. The average molecular weight is 292 g/mol. The summed E-state index contributed by atoms with van der Waals surface area (Å²) in [6, 6.07) is 7.74. The molecule has 3 N–H and O–H groups in total. The summed E-state index contributed by atoms with van der Waals surface area (Å²) in [6.45, 7) is 1.60. The first kappa shape index (κ1) is 16.7. The van der Waals surface area contributed by atoms with Gasteiger partial charge in [0.05, 0.1) is 19.1 Å². The van der Waals surface area contributed by atoms with Crippen molar-refractivity contribution in [3.63, 3.8) is 0 Å². The lowest BCUT2D eigenvalue weighted by atomic mass is 9.95. The highest BCUT2D eigenvalue weighted by Crippen LogP contribution is 2.11. The number of hydrogen-bond donors (Lipinski definition) is 2. The lowest BCUT2D eigenvalue weighted by Gasteiger charge is -2.18. The summed E-state index contributed by atoms with van der Waals surface area (Å²) in [4.78, 5) is 34.6. The zero-order valence-electron chi connectivity index (χ0n) is 12.2. The van der Waals surface area contributed by atoms with Crippen LogP contribution in [-0.2, 0) is 20.7 Å². The second-order valence-corrected chi connectivity index (χ2v) is 4.85. The number of Topliss-reactive ketones (excluding diaryl/α,β-unsaturated/α-hetero) is 1. The molecule has 1 aromatic rings. The molecule has 0 radical (unpaired) electrons. The van der Waals surface area contributed by atoms with Crippen LogP contribution in [0.1, 0.15) is 18.9 Å². The lowest BCUT2D eigenvalue weighted by Crippen LogP contribution is -2.45. The van der Waals surface area contributed by atoms with Gasteiger partial charge in [0.1, 0.15) is 0 Å². The van der Waals surface area contributed by atoms with E-state index in [0.29, 0.717) is 6.42 Å². The second-order valence-electron chi connectivity index (χ2n) is 4.85. The number of urea groups is 1. The minimum atomic E-state index is -0.769. The van der Waals surface area contributed by atoms with E-state index in [9.17, 15) is 14.4 Å². The molecule has 0 fully saturated rings. The van der Waals surface area contributed by atoms with Gasteiger partial charge in [0, 0.05) is 6.42 Å². The van der Waals surface area contributed by atoms with E-state index in [1.807, 2.05) is 30.3 Å². The molecule has 1 aromatic carbocycles. The molecule has 0 aliphatic rings. The fourth-order valence-corrected chi connectivity index (χ4v) is 2.00. The molecule has 0 saturated heterocycles. The Morgan fingerprint density at radius 2 is 1.86 bits per heavy atom. The Morgan fingerprint density at radius 3 is 2.38 bits per heavy atom. The number of rotatable bonds is 7. The highest BCUT2D eigenvalue weighted by atomic mass is 16.5. The number of methoxy groups -OCH3 is 1. The minimum absolute atomic E-state index is 0.00947. The first-order chi connectivity index (χ1) is 9.93. The molecule has 6 heteroatoms. The third-order valence-electron chi connectivity index (χ3n) is 3.10. The van der Waals surface area contributed by atoms with Crippen molar-refractivity contribution in [2.24, 2.45) is 11.7 Å². The van der Waals surface area contributed by atoms with Gasteiger partial charge in [0.25, 0.3) is 0 Å². The summed E-state index contributed by atoms with van der Waals surface area (Å²) in [5.74, 6) is -1.27. The van der Waals surface area contributed by atoms with Crippen molar-refractivity contribution in [3.8, 4) is 0 Å². The molecule has 0 saturated carbocycles. The molecule has 0 bridgehead atoms. The number of esters is 1. The molecule has 21 heavy (non-hydrogen) atoms. The van der Waals surface area contributed by atoms with Crippen molar-refractivity contribution in [3.05, 3.63) is 35.9 Å². The number of primary amides is 1. The molecule has 2 atom stereocenters. The van der Waals surface area contributed by atoms with Gasteiger partial charge < -0.3 is 15.8 Å². The highest BCUT2D eigenvalue weighted by Gasteiger charge is 2.25. The van der Waals surface area contributed by atoms with Crippen LogP contribution in [0.5, 0.6) is 0 Å². The number of benzene rings is 1. The normalized spacial score (nSPS) is 13.0. The third-order valence-corrected chi connectivity index (χ3v) is 3.10. The van der Waals surface area contributed by atoms with Crippen LogP contribution in [0.3, 0.4) is 0 Å². The van der Waals surface area contributed by atoms with Crippen molar-refractivity contribution >= 4 is 17.8 Å². The van der Waals surface area contributed by atoms with E-state index in [1.165, 1.54) is 7.11 Å². The number of nitrogens with one attached hydrogen (secondary N) is 1. The zero-order chi connectivity index (χ0) is 15.8. The maximum atomic E-state index is 12.2. The van der Waals surface area contributed by atoms with Crippen molar-refractivity contribution in [2.75, 3.05) is 7.11 Å². The van der Waals surface area contributed by atoms with Gasteiger partial charge in [0.15, 0.2) is 5.78 Å². The number of ether oxygens (including phenoxy) is 1. The molecular formula is C15H20N2O4.